The lowest BCUT2D eigenvalue weighted by Gasteiger charge is -2.08. The first-order chi connectivity index (χ1) is 9.01. The van der Waals surface area contributed by atoms with Crippen LogP contribution in [-0.4, -0.2) is 33.2 Å². The van der Waals surface area contributed by atoms with E-state index in [0.717, 1.165) is 0 Å². The van der Waals surface area contributed by atoms with Crippen molar-refractivity contribution >= 4 is 27.4 Å². The van der Waals surface area contributed by atoms with Gasteiger partial charge in [-0.05, 0) is 19.4 Å². The van der Waals surface area contributed by atoms with E-state index >= 15 is 0 Å². The Morgan fingerprint density at radius 3 is 2.84 bits per heavy atom. The number of nitrogens with two attached hydrogens (primary N) is 1. The fourth-order valence-electron chi connectivity index (χ4n) is 1.28. The molecular formula is C10H17ClN4O3S. The monoisotopic (exact) mass is 308 g/mol. The minimum Gasteiger partial charge on any atom is -0.382 e. The lowest BCUT2D eigenvalue weighted by Crippen LogP contribution is -2.26. The predicted molar refractivity (Wildman–Crippen MR) is 73.4 cm³/mol. The fraction of sp³-hybridized carbons (Fsp3) is 0.500. The van der Waals surface area contributed by atoms with Crippen LogP contribution in [0.2, 0.25) is 5.02 Å². The van der Waals surface area contributed by atoms with Gasteiger partial charge in [0.25, 0.3) is 0 Å². The maximum absolute atomic E-state index is 11.9. The van der Waals surface area contributed by atoms with Gasteiger partial charge in [0.1, 0.15) is 4.90 Å². The first-order valence-electron chi connectivity index (χ1n) is 5.71. The van der Waals surface area contributed by atoms with Gasteiger partial charge >= 0.3 is 0 Å². The molecule has 0 saturated carbocycles. The van der Waals surface area contributed by atoms with E-state index in [2.05, 4.69) is 15.1 Å². The molecule has 0 saturated heterocycles. The summed E-state index contributed by atoms with van der Waals surface area (Å²) in [4.78, 5) is 3.80. The minimum absolute atomic E-state index is 0.00656. The highest BCUT2D eigenvalue weighted by molar-refractivity contribution is 7.89. The van der Waals surface area contributed by atoms with E-state index in [0.29, 0.717) is 19.6 Å². The summed E-state index contributed by atoms with van der Waals surface area (Å²) in [6.45, 7) is 3.29. The number of hydrazine groups is 1. The first kappa shape index (κ1) is 16.1. The summed E-state index contributed by atoms with van der Waals surface area (Å²) in [5.41, 5.74) is 2.27. The van der Waals surface area contributed by atoms with Gasteiger partial charge in [-0.1, -0.05) is 11.6 Å². The van der Waals surface area contributed by atoms with Gasteiger partial charge in [-0.25, -0.2) is 24.0 Å². The van der Waals surface area contributed by atoms with Crippen LogP contribution in [0.1, 0.15) is 13.3 Å². The SMILES string of the molecule is CCOCCCNS(=O)(=O)c1cnc(NN)c(Cl)c1. The van der Waals surface area contributed by atoms with Crippen molar-refractivity contribution in [2.75, 3.05) is 25.2 Å². The van der Waals surface area contributed by atoms with Gasteiger partial charge in [0, 0.05) is 26.0 Å². The second-order valence-corrected chi connectivity index (χ2v) is 5.77. The Morgan fingerprint density at radius 2 is 2.26 bits per heavy atom. The fourth-order valence-corrected chi connectivity index (χ4v) is 2.61. The molecule has 0 atom stereocenters. The second-order valence-electron chi connectivity index (χ2n) is 3.59. The average Bonchev–Trinajstić information content (AvgIpc) is 2.38. The Morgan fingerprint density at radius 1 is 1.53 bits per heavy atom. The summed E-state index contributed by atoms with van der Waals surface area (Å²) in [6.07, 6.45) is 1.78. The van der Waals surface area contributed by atoms with Gasteiger partial charge in [0.15, 0.2) is 5.82 Å². The molecule has 0 fully saturated rings. The lowest BCUT2D eigenvalue weighted by molar-refractivity contribution is 0.146. The van der Waals surface area contributed by atoms with Crippen molar-refractivity contribution in [2.24, 2.45) is 5.84 Å². The predicted octanol–water partition coefficient (Wildman–Crippen LogP) is 0.726. The Bertz CT molecular complexity index is 509. The molecule has 0 radical (unpaired) electrons. The molecule has 0 aliphatic rings. The number of aromatic nitrogens is 1. The molecule has 1 heterocycles. The Labute approximate surface area is 117 Å². The summed E-state index contributed by atoms with van der Waals surface area (Å²) >= 11 is 5.82. The summed E-state index contributed by atoms with van der Waals surface area (Å²) in [5, 5.41) is 0.139. The molecule has 9 heteroatoms. The van der Waals surface area contributed by atoms with Crippen molar-refractivity contribution in [3.8, 4) is 0 Å². The van der Waals surface area contributed by atoms with Crippen LogP contribution in [0.25, 0.3) is 0 Å². The van der Waals surface area contributed by atoms with Crippen LogP contribution >= 0.6 is 11.6 Å². The molecule has 1 aromatic heterocycles. The number of nitrogens with zero attached hydrogens (tertiary/aromatic N) is 1. The van der Waals surface area contributed by atoms with Crippen LogP contribution in [-0.2, 0) is 14.8 Å². The van der Waals surface area contributed by atoms with E-state index in [9.17, 15) is 8.42 Å². The number of halogens is 1. The molecule has 0 aliphatic heterocycles. The molecule has 0 aliphatic carbocycles. The van der Waals surface area contributed by atoms with E-state index in [1.54, 1.807) is 0 Å². The van der Waals surface area contributed by atoms with Crippen molar-refractivity contribution < 1.29 is 13.2 Å². The van der Waals surface area contributed by atoms with Gasteiger partial charge in [-0.2, -0.15) is 0 Å². The number of anilines is 1. The molecule has 0 bridgehead atoms. The smallest absolute Gasteiger partial charge is 0.242 e. The molecular weight excluding hydrogens is 292 g/mol. The number of nitrogen functional groups attached to an aromatic ring is 1. The molecule has 108 valence electrons. The third kappa shape index (κ3) is 4.92. The van der Waals surface area contributed by atoms with Crippen LogP contribution < -0.4 is 16.0 Å². The molecule has 0 unspecified atom stereocenters. The van der Waals surface area contributed by atoms with Gasteiger partial charge in [-0.15, -0.1) is 0 Å². The largest absolute Gasteiger partial charge is 0.382 e. The quantitative estimate of drug-likeness (QED) is 0.371. The summed E-state index contributed by atoms with van der Waals surface area (Å²) in [5.74, 6) is 5.38. The van der Waals surface area contributed by atoms with Gasteiger partial charge < -0.3 is 10.2 Å². The van der Waals surface area contributed by atoms with E-state index in [1.165, 1.54) is 12.3 Å². The lowest BCUT2D eigenvalue weighted by atomic mass is 10.5. The zero-order valence-corrected chi connectivity index (χ0v) is 12.1. The third-order valence-electron chi connectivity index (χ3n) is 2.22. The van der Waals surface area contributed by atoms with Crippen molar-refractivity contribution in [3.63, 3.8) is 0 Å². The van der Waals surface area contributed by atoms with E-state index in [-0.39, 0.29) is 22.3 Å². The number of nitrogens with one attached hydrogen (secondary N) is 2. The summed E-state index contributed by atoms with van der Waals surface area (Å²) < 4.78 is 31.4. The van der Waals surface area contributed by atoms with Gasteiger partial charge in [0.05, 0.1) is 5.02 Å². The van der Waals surface area contributed by atoms with Crippen molar-refractivity contribution in [1.82, 2.24) is 9.71 Å². The Hall–Kier alpha value is -0.930. The minimum atomic E-state index is -3.62. The second kappa shape index (κ2) is 7.61. The normalized spacial score (nSPS) is 11.5. The molecule has 1 rings (SSSR count). The Balaban J connectivity index is 2.64. The number of ether oxygens (including phenoxy) is 1. The van der Waals surface area contributed by atoms with Gasteiger partial charge in [-0.3, -0.25) is 0 Å². The molecule has 0 aromatic carbocycles. The molecule has 19 heavy (non-hydrogen) atoms. The average molecular weight is 309 g/mol. The molecule has 4 N–H and O–H groups in total. The van der Waals surface area contributed by atoms with Crippen molar-refractivity contribution in [1.29, 1.82) is 0 Å². The molecule has 1 aromatic rings. The first-order valence-corrected chi connectivity index (χ1v) is 7.57. The summed E-state index contributed by atoms with van der Waals surface area (Å²) in [7, 11) is -3.62. The molecule has 0 spiro atoms. The molecule has 0 amide bonds. The topological polar surface area (TPSA) is 106 Å². The highest BCUT2D eigenvalue weighted by Crippen LogP contribution is 2.21. The van der Waals surface area contributed by atoms with Crippen molar-refractivity contribution in [3.05, 3.63) is 17.3 Å². The highest BCUT2D eigenvalue weighted by atomic mass is 35.5. The Kier molecular flexibility index (Phi) is 6.46. The van der Waals surface area contributed by atoms with Gasteiger partial charge in [0.2, 0.25) is 10.0 Å². The van der Waals surface area contributed by atoms with Crippen LogP contribution in [0.3, 0.4) is 0 Å². The number of hydrogen-bond acceptors (Lipinski definition) is 6. The molecule has 7 nitrogen and oxygen atoms in total. The van der Waals surface area contributed by atoms with Crippen LogP contribution in [0.15, 0.2) is 17.2 Å². The summed E-state index contributed by atoms with van der Waals surface area (Å²) in [6, 6.07) is 1.29. The van der Waals surface area contributed by atoms with Crippen molar-refractivity contribution in [2.45, 2.75) is 18.2 Å². The zero-order valence-electron chi connectivity index (χ0n) is 10.5. The number of sulfonamides is 1. The zero-order chi connectivity index (χ0) is 14.3. The highest BCUT2D eigenvalue weighted by Gasteiger charge is 2.15. The van der Waals surface area contributed by atoms with Crippen LogP contribution in [0, 0.1) is 0 Å². The standard InChI is InChI=1S/C10H17ClN4O3S/c1-2-18-5-3-4-14-19(16,17)8-6-9(11)10(15-12)13-7-8/h6-7,14H,2-5,12H2,1H3,(H,13,15). The van der Waals surface area contributed by atoms with E-state index in [4.69, 9.17) is 22.2 Å². The maximum atomic E-state index is 11.9. The number of rotatable bonds is 8. The third-order valence-corrected chi connectivity index (χ3v) is 3.94. The van der Waals surface area contributed by atoms with Crippen LogP contribution in [0.5, 0.6) is 0 Å². The maximum Gasteiger partial charge on any atom is 0.242 e. The van der Waals surface area contributed by atoms with E-state index in [1.807, 2.05) is 6.92 Å². The number of hydrogen-bond donors (Lipinski definition) is 3. The van der Waals surface area contributed by atoms with E-state index < -0.39 is 10.0 Å². The van der Waals surface area contributed by atoms with Crippen LogP contribution in [0.4, 0.5) is 5.82 Å². The number of pyridine rings is 1.